The largest absolute Gasteiger partial charge is 0.790 e. The average molecular weight is 431 g/mol. The predicted molar refractivity (Wildman–Crippen MR) is 72.0 cm³/mol. The van der Waals surface area contributed by atoms with Crippen molar-refractivity contribution in [1.29, 1.82) is 0 Å². The van der Waals surface area contributed by atoms with Crippen LogP contribution in [0.2, 0.25) is 0 Å². The van der Waals surface area contributed by atoms with Crippen molar-refractivity contribution >= 4 is 7.37 Å². The quantitative estimate of drug-likeness (QED) is 0.344. The minimum absolute atomic E-state index is 1.28. The molecule has 0 rings (SSSR count). The Kier molecular flexibility index (Phi) is 9.19. The second-order valence-electron chi connectivity index (χ2n) is 5.24. The predicted octanol–water partition coefficient (Wildman–Crippen LogP) is 4.82. The van der Waals surface area contributed by atoms with Crippen molar-refractivity contribution in [1.82, 2.24) is 0 Å². The lowest BCUT2D eigenvalue weighted by atomic mass is 10.3. The van der Waals surface area contributed by atoms with Crippen LogP contribution >= 0.6 is 7.37 Å². The zero-order chi connectivity index (χ0) is 21.8. The number of hydrogen-bond donors (Lipinski definition) is 0. The van der Waals surface area contributed by atoms with E-state index >= 15 is 0 Å². The van der Waals surface area contributed by atoms with E-state index in [2.05, 4.69) is 27.7 Å². The summed E-state index contributed by atoms with van der Waals surface area (Å²) in [4.78, 5) is 10.1. The zero-order valence-corrected chi connectivity index (χ0v) is 15.2. The highest BCUT2D eigenvalue weighted by Gasteiger charge is 2.78. The SMILES string of the molecule is CC[N+](CC)(CC)CC.O=P([O-])(C(F)(F)C(F)(F)F)C(F)(F)C(F)(F)F. The maximum atomic E-state index is 12.1. The van der Waals surface area contributed by atoms with Gasteiger partial charge >= 0.3 is 23.7 Å². The molecule has 0 aromatic rings. The molecule has 0 radical (unpaired) electrons. The number of quaternary nitrogens is 1. The van der Waals surface area contributed by atoms with E-state index in [0.717, 1.165) is 0 Å². The molecule has 0 aliphatic heterocycles. The summed E-state index contributed by atoms with van der Waals surface area (Å²) in [6.45, 7) is 14.2. The first-order valence-corrected chi connectivity index (χ1v) is 8.92. The van der Waals surface area contributed by atoms with Crippen LogP contribution in [0, 0.1) is 0 Å². The Balaban J connectivity index is 0. The van der Waals surface area contributed by atoms with Crippen LogP contribution in [0.4, 0.5) is 43.9 Å². The lowest BCUT2D eigenvalue weighted by Gasteiger charge is -2.38. The second kappa shape index (κ2) is 8.64. The Morgan fingerprint density at radius 1 is 0.654 bits per heavy atom. The molecule has 0 saturated carbocycles. The Morgan fingerprint density at radius 2 is 0.846 bits per heavy atom. The van der Waals surface area contributed by atoms with Gasteiger partial charge in [-0.1, -0.05) is 0 Å². The molecule has 0 atom stereocenters. The molecule has 3 nitrogen and oxygen atoms in total. The first-order chi connectivity index (χ1) is 11.2. The molecular weight excluding hydrogens is 411 g/mol. The van der Waals surface area contributed by atoms with Gasteiger partial charge in [-0.3, -0.25) is 0 Å². The van der Waals surface area contributed by atoms with Crippen LogP contribution in [0.3, 0.4) is 0 Å². The van der Waals surface area contributed by atoms with E-state index in [-0.39, 0.29) is 0 Å². The average Bonchev–Trinajstić information content (AvgIpc) is 2.48. The molecule has 0 aromatic carbocycles. The van der Waals surface area contributed by atoms with E-state index in [1.54, 1.807) is 0 Å². The molecule has 0 aromatic heterocycles. The van der Waals surface area contributed by atoms with Gasteiger partial charge in [-0.05, 0) is 27.7 Å². The smallest absolute Gasteiger partial charge is 0.459 e. The number of alkyl halides is 10. The number of hydrogen-bond acceptors (Lipinski definition) is 2. The van der Waals surface area contributed by atoms with Gasteiger partial charge < -0.3 is 13.9 Å². The fraction of sp³-hybridized carbons (Fsp3) is 1.00. The zero-order valence-electron chi connectivity index (χ0n) is 14.3. The van der Waals surface area contributed by atoms with E-state index in [9.17, 15) is 53.4 Å². The molecule has 0 spiro atoms. The van der Waals surface area contributed by atoms with Gasteiger partial charge in [0.25, 0.3) is 0 Å². The van der Waals surface area contributed by atoms with Gasteiger partial charge in [0, 0.05) is 0 Å². The first-order valence-electron chi connectivity index (χ1n) is 7.30. The molecule has 0 fully saturated rings. The molecule has 0 heterocycles. The standard InChI is InChI=1S/C8H20N.C4HF10O2P/c1-5-9(6-2,7-3)8-4;5-1(6,7)3(11,12)17(15,16)4(13,14)2(8,9)10/h5-8H2,1-4H3;(H,15,16)/q+1;/p-1. The number of nitrogens with zero attached hydrogens (tertiary/aromatic N) is 1. The highest BCUT2D eigenvalue weighted by molar-refractivity contribution is 7.59. The molecule has 160 valence electrons. The van der Waals surface area contributed by atoms with E-state index < -0.39 is 31.0 Å². The highest BCUT2D eigenvalue weighted by Crippen LogP contribution is 2.72. The van der Waals surface area contributed by atoms with Crippen molar-refractivity contribution in [2.75, 3.05) is 26.2 Å². The summed E-state index contributed by atoms with van der Waals surface area (Å²) in [6.07, 6.45) is -14.2. The highest BCUT2D eigenvalue weighted by atomic mass is 31.2. The van der Waals surface area contributed by atoms with Gasteiger partial charge in [-0.25, -0.2) is 0 Å². The van der Waals surface area contributed by atoms with Gasteiger partial charge in [0.05, 0.1) is 26.2 Å². The Labute approximate surface area is 144 Å². The van der Waals surface area contributed by atoms with E-state index in [4.69, 9.17) is 0 Å². The molecule has 0 aliphatic carbocycles. The van der Waals surface area contributed by atoms with Crippen molar-refractivity contribution in [2.24, 2.45) is 0 Å². The summed E-state index contributed by atoms with van der Waals surface area (Å²) in [5.41, 5.74) is -14.4. The van der Waals surface area contributed by atoms with Crippen LogP contribution < -0.4 is 4.89 Å². The van der Waals surface area contributed by atoms with Gasteiger partial charge in [0.2, 0.25) is 0 Å². The van der Waals surface area contributed by atoms with Gasteiger partial charge in [0.15, 0.2) is 7.37 Å². The third-order valence-electron chi connectivity index (χ3n) is 4.10. The maximum Gasteiger partial charge on any atom is 0.459 e. The Bertz CT molecular complexity index is 438. The lowest BCUT2D eigenvalue weighted by Crippen LogP contribution is -2.50. The summed E-state index contributed by atoms with van der Waals surface area (Å²) in [5.74, 6) is 0. The van der Waals surface area contributed by atoms with E-state index in [0.29, 0.717) is 0 Å². The summed E-state index contributed by atoms with van der Waals surface area (Å²) in [7, 11) is -8.51. The van der Waals surface area contributed by atoms with Gasteiger partial charge in [-0.15, -0.1) is 0 Å². The monoisotopic (exact) mass is 431 g/mol. The van der Waals surface area contributed by atoms with Crippen molar-refractivity contribution in [3.63, 3.8) is 0 Å². The summed E-state index contributed by atoms with van der Waals surface area (Å²) >= 11 is 0. The third kappa shape index (κ3) is 5.25. The van der Waals surface area contributed by atoms with Crippen LogP contribution in [0.15, 0.2) is 0 Å². The molecule has 0 aliphatic rings. The number of halogens is 10. The normalized spacial score (nSPS) is 14.7. The Hall–Kier alpha value is -0.550. The molecule has 14 heteroatoms. The molecule has 0 N–H and O–H groups in total. The third-order valence-corrected chi connectivity index (χ3v) is 6.09. The van der Waals surface area contributed by atoms with Crippen LogP contribution in [-0.2, 0) is 4.57 Å². The molecule has 0 unspecified atom stereocenters. The topological polar surface area (TPSA) is 40.1 Å². The van der Waals surface area contributed by atoms with E-state index in [1.165, 1.54) is 30.7 Å². The number of rotatable bonds is 6. The molecule has 0 saturated heterocycles. The van der Waals surface area contributed by atoms with Crippen molar-refractivity contribution in [3.05, 3.63) is 0 Å². The molecular formula is C12H20F10NO2P. The summed E-state index contributed by atoms with van der Waals surface area (Å²) in [6, 6.07) is 0. The fourth-order valence-electron chi connectivity index (χ4n) is 1.85. The summed E-state index contributed by atoms with van der Waals surface area (Å²) < 4.78 is 128. The second-order valence-corrected chi connectivity index (χ2v) is 7.46. The lowest BCUT2D eigenvalue weighted by molar-refractivity contribution is -0.921. The van der Waals surface area contributed by atoms with Crippen LogP contribution in [0.25, 0.3) is 0 Å². The van der Waals surface area contributed by atoms with Crippen LogP contribution in [-0.4, -0.2) is 54.3 Å². The van der Waals surface area contributed by atoms with Crippen LogP contribution in [0.1, 0.15) is 27.7 Å². The molecule has 0 bridgehead atoms. The minimum Gasteiger partial charge on any atom is -0.790 e. The minimum atomic E-state index is -8.51. The fourth-order valence-corrected chi connectivity index (χ4v) is 2.87. The first kappa shape index (κ1) is 27.7. The van der Waals surface area contributed by atoms with Crippen molar-refractivity contribution in [3.8, 4) is 0 Å². The van der Waals surface area contributed by atoms with Crippen LogP contribution in [0.5, 0.6) is 0 Å². The van der Waals surface area contributed by atoms with Crippen molar-refractivity contribution < 1.29 is 57.8 Å². The Morgan fingerprint density at radius 3 is 0.923 bits per heavy atom. The molecule has 0 amide bonds. The van der Waals surface area contributed by atoms with E-state index in [1.807, 2.05) is 0 Å². The summed E-state index contributed by atoms with van der Waals surface area (Å²) in [5, 5.41) is 0. The molecule has 26 heavy (non-hydrogen) atoms. The maximum absolute atomic E-state index is 12.1. The van der Waals surface area contributed by atoms with Gasteiger partial charge in [0.1, 0.15) is 0 Å². The van der Waals surface area contributed by atoms with Gasteiger partial charge in [-0.2, -0.15) is 43.9 Å². The van der Waals surface area contributed by atoms with Crippen molar-refractivity contribution in [2.45, 2.75) is 51.4 Å².